The number of amides is 4. The van der Waals surface area contributed by atoms with Crippen molar-refractivity contribution in [2.75, 3.05) is 11.1 Å². The van der Waals surface area contributed by atoms with E-state index < -0.39 is 46.7 Å². The molecule has 2 atom stereocenters. The molecule has 0 saturated heterocycles. The molecular formula is C28H29N5O7S. The predicted octanol–water partition coefficient (Wildman–Crippen LogP) is 2.95. The summed E-state index contributed by atoms with van der Waals surface area (Å²) in [4.78, 5) is 49.8. The normalized spacial score (nSPS) is 16.0. The van der Waals surface area contributed by atoms with Gasteiger partial charge in [-0.15, -0.1) is 0 Å². The molecule has 0 spiro atoms. The minimum atomic E-state index is -3.46. The zero-order valence-corrected chi connectivity index (χ0v) is 22.4. The van der Waals surface area contributed by atoms with E-state index in [2.05, 4.69) is 20.7 Å². The van der Waals surface area contributed by atoms with Crippen LogP contribution in [0.15, 0.2) is 84.9 Å². The molecule has 0 saturated carbocycles. The molecule has 41 heavy (non-hydrogen) atoms. The number of hydrogen-bond acceptors (Lipinski definition) is 7. The minimum Gasteiger partial charge on any atom is -0.465 e. The number of nitrogens with two attached hydrogens (primary N) is 1. The van der Waals surface area contributed by atoms with Crippen LogP contribution in [0.1, 0.15) is 16.7 Å². The van der Waals surface area contributed by atoms with Gasteiger partial charge in [-0.25, -0.2) is 9.52 Å². The maximum Gasteiger partial charge on any atom is 0.405 e. The fraction of sp³-hybridized carbons (Fsp3) is 0.143. The van der Waals surface area contributed by atoms with E-state index in [0.717, 1.165) is 11.6 Å². The van der Waals surface area contributed by atoms with Crippen molar-refractivity contribution in [3.63, 3.8) is 0 Å². The van der Waals surface area contributed by atoms with Crippen LogP contribution in [0.4, 0.5) is 16.2 Å². The number of anilines is 2. The largest absolute Gasteiger partial charge is 0.465 e. The first-order valence-corrected chi connectivity index (χ1v) is 14.0. The molecule has 1 heterocycles. The van der Waals surface area contributed by atoms with Gasteiger partial charge in [0.15, 0.2) is 0 Å². The summed E-state index contributed by atoms with van der Waals surface area (Å²) in [6.45, 7) is 0. The van der Waals surface area contributed by atoms with E-state index in [-0.39, 0.29) is 17.7 Å². The van der Waals surface area contributed by atoms with Gasteiger partial charge in [0.25, 0.3) is 5.91 Å². The molecule has 12 nitrogen and oxygen atoms in total. The number of nitrogen functional groups attached to an aromatic ring is 1. The highest BCUT2D eigenvalue weighted by Crippen LogP contribution is 2.52. The SMILES string of the molecule is Nc1ccccc1NC(=O)[C@H](Cc1ccc(C2=CC(=O)NS2(O)O)cc1)NC(=O)[C@H](Cc1ccccc1)NC(=O)O. The van der Waals surface area contributed by atoms with Gasteiger partial charge in [-0.05, 0) is 28.8 Å². The van der Waals surface area contributed by atoms with Crippen molar-refractivity contribution in [2.45, 2.75) is 24.9 Å². The van der Waals surface area contributed by atoms with Gasteiger partial charge in [0.05, 0.1) is 16.3 Å². The molecule has 4 rings (SSSR count). The smallest absolute Gasteiger partial charge is 0.405 e. The average Bonchev–Trinajstić information content (AvgIpc) is 3.21. The molecule has 13 heteroatoms. The minimum absolute atomic E-state index is 0.00218. The van der Waals surface area contributed by atoms with Gasteiger partial charge in [-0.1, -0.05) is 77.5 Å². The van der Waals surface area contributed by atoms with Crippen molar-refractivity contribution in [1.82, 2.24) is 15.4 Å². The molecular weight excluding hydrogens is 550 g/mol. The summed E-state index contributed by atoms with van der Waals surface area (Å²) in [5.41, 5.74) is 8.33. The lowest BCUT2D eigenvalue weighted by Crippen LogP contribution is -2.53. The van der Waals surface area contributed by atoms with Crippen molar-refractivity contribution in [3.8, 4) is 0 Å². The Balaban J connectivity index is 1.57. The number of carbonyl (C=O) groups excluding carboxylic acids is 3. The molecule has 0 unspecified atom stereocenters. The van der Waals surface area contributed by atoms with E-state index in [4.69, 9.17) is 5.73 Å². The van der Waals surface area contributed by atoms with E-state index in [0.29, 0.717) is 22.5 Å². The lowest BCUT2D eigenvalue weighted by atomic mass is 10.0. The number of carboxylic acid groups (broad SMARTS) is 1. The van der Waals surface area contributed by atoms with Crippen molar-refractivity contribution in [3.05, 3.63) is 102 Å². The fourth-order valence-corrected chi connectivity index (χ4v) is 5.42. The third-order valence-electron chi connectivity index (χ3n) is 6.24. The monoisotopic (exact) mass is 579 g/mol. The predicted molar refractivity (Wildman–Crippen MR) is 156 cm³/mol. The number of benzene rings is 3. The van der Waals surface area contributed by atoms with Crippen LogP contribution in [0.2, 0.25) is 0 Å². The quantitative estimate of drug-likeness (QED) is 0.167. The van der Waals surface area contributed by atoms with Gasteiger partial charge in [0.1, 0.15) is 12.1 Å². The highest BCUT2D eigenvalue weighted by molar-refractivity contribution is 8.31. The molecule has 214 valence electrons. The number of rotatable bonds is 10. The molecule has 0 bridgehead atoms. The van der Waals surface area contributed by atoms with Crippen LogP contribution in [-0.4, -0.2) is 50.1 Å². The van der Waals surface area contributed by atoms with E-state index in [1.165, 1.54) is 0 Å². The van der Waals surface area contributed by atoms with Crippen LogP contribution in [-0.2, 0) is 27.2 Å². The van der Waals surface area contributed by atoms with Crippen LogP contribution in [0.25, 0.3) is 4.91 Å². The highest BCUT2D eigenvalue weighted by Gasteiger charge is 2.30. The topological polar surface area (TPSA) is 203 Å². The first kappa shape index (κ1) is 29.1. The molecule has 0 fully saturated rings. The van der Waals surface area contributed by atoms with Crippen molar-refractivity contribution < 1.29 is 33.4 Å². The summed E-state index contributed by atoms with van der Waals surface area (Å²) in [6.07, 6.45) is -0.229. The summed E-state index contributed by atoms with van der Waals surface area (Å²) in [6, 6.07) is 19.5. The second-order valence-corrected chi connectivity index (χ2v) is 11.0. The van der Waals surface area contributed by atoms with Crippen LogP contribution in [0, 0.1) is 0 Å². The molecule has 4 amide bonds. The molecule has 1 aliphatic rings. The Hall–Kier alpha value is -4.85. The lowest BCUT2D eigenvalue weighted by Gasteiger charge is -2.29. The van der Waals surface area contributed by atoms with E-state index in [1.807, 2.05) is 0 Å². The Labute approximate surface area is 237 Å². The first-order valence-electron chi connectivity index (χ1n) is 12.4. The molecule has 0 aromatic heterocycles. The van der Waals surface area contributed by atoms with Gasteiger partial charge in [-0.2, -0.15) is 0 Å². The number of carbonyl (C=O) groups is 4. The number of hydrogen-bond donors (Lipinski definition) is 8. The summed E-state index contributed by atoms with van der Waals surface area (Å²) >= 11 is 0. The molecule has 0 aliphatic carbocycles. The molecule has 3 aromatic rings. The maximum atomic E-state index is 13.4. The zero-order chi connectivity index (χ0) is 29.6. The Kier molecular flexibility index (Phi) is 8.92. The Bertz CT molecular complexity index is 1480. The average molecular weight is 580 g/mol. The second-order valence-electron chi connectivity index (χ2n) is 9.25. The maximum absolute atomic E-state index is 13.4. The van der Waals surface area contributed by atoms with Crippen molar-refractivity contribution in [1.29, 1.82) is 0 Å². The van der Waals surface area contributed by atoms with E-state index in [1.54, 1.807) is 78.9 Å². The Morgan fingerprint density at radius 1 is 0.805 bits per heavy atom. The van der Waals surface area contributed by atoms with Gasteiger partial charge in [0, 0.05) is 18.9 Å². The van der Waals surface area contributed by atoms with Gasteiger partial charge < -0.3 is 26.8 Å². The number of nitrogens with one attached hydrogen (secondary N) is 4. The Morgan fingerprint density at radius 3 is 1.98 bits per heavy atom. The fourth-order valence-electron chi connectivity index (χ4n) is 4.23. The molecule has 9 N–H and O–H groups in total. The summed E-state index contributed by atoms with van der Waals surface area (Å²) in [7, 11) is -3.46. The van der Waals surface area contributed by atoms with Crippen LogP contribution in [0.5, 0.6) is 0 Å². The van der Waals surface area contributed by atoms with Crippen LogP contribution >= 0.6 is 10.8 Å². The van der Waals surface area contributed by atoms with Crippen molar-refractivity contribution >= 4 is 50.9 Å². The third kappa shape index (κ3) is 7.63. The lowest BCUT2D eigenvalue weighted by molar-refractivity contribution is -0.127. The molecule has 1 aliphatic heterocycles. The third-order valence-corrected chi connectivity index (χ3v) is 7.69. The summed E-state index contributed by atoms with van der Waals surface area (Å²) in [5.74, 6) is -1.91. The van der Waals surface area contributed by atoms with Gasteiger partial charge in [-0.3, -0.25) is 23.5 Å². The Morgan fingerprint density at radius 2 is 1.39 bits per heavy atom. The van der Waals surface area contributed by atoms with Gasteiger partial charge >= 0.3 is 6.09 Å². The molecule has 3 aromatic carbocycles. The standard InChI is InChI=1S/C28H29N5O7S/c29-20-8-4-5-9-21(20)30-26(35)22(31-27(36)23(32-28(37)38)14-17-6-2-1-3-7-17)15-18-10-12-19(13-11-18)24-16-25(34)33-41(24,39)40/h1-13,16,22-23,32,39-40H,14-15,29H2,(H,30,35)(H,31,36)(H,33,34)(H,37,38)/t22-,23-/m0/s1. The van der Waals surface area contributed by atoms with E-state index >= 15 is 0 Å². The first-order chi connectivity index (χ1) is 19.5. The van der Waals surface area contributed by atoms with Crippen molar-refractivity contribution in [2.24, 2.45) is 0 Å². The zero-order valence-electron chi connectivity index (χ0n) is 21.6. The number of para-hydroxylation sites is 2. The second kappa shape index (κ2) is 12.6. The van der Waals surface area contributed by atoms with Crippen LogP contribution in [0.3, 0.4) is 0 Å². The highest BCUT2D eigenvalue weighted by atomic mass is 32.3. The van der Waals surface area contributed by atoms with Crippen LogP contribution < -0.4 is 26.4 Å². The summed E-state index contributed by atoms with van der Waals surface area (Å²) < 4.78 is 22.4. The molecule has 0 radical (unpaired) electrons. The summed E-state index contributed by atoms with van der Waals surface area (Å²) in [5, 5.41) is 16.9. The van der Waals surface area contributed by atoms with E-state index in [9.17, 15) is 33.4 Å². The van der Waals surface area contributed by atoms with Gasteiger partial charge in [0.2, 0.25) is 11.8 Å².